The fraction of sp³-hybridized carbons (Fsp3) is 0.524. The van der Waals surface area contributed by atoms with E-state index in [0.29, 0.717) is 36.8 Å². The van der Waals surface area contributed by atoms with Crippen LogP contribution in [0.4, 0.5) is 13.2 Å². The summed E-state index contributed by atoms with van der Waals surface area (Å²) in [6.07, 6.45) is -2.15. The topological polar surface area (TPSA) is 87.4 Å². The Hall–Kier alpha value is -2.39. The van der Waals surface area contributed by atoms with Crippen LogP contribution in [0.15, 0.2) is 28.8 Å². The number of aliphatic hydroxyl groups excluding tert-OH is 1. The number of nitrogens with one attached hydrogen (secondary N) is 2. The van der Waals surface area contributed by atoms with Gasteiger partial charge < -0.3 is 20.3 Å². The highest BCUT2D eigenvalue weighted by Crippen LogP contribution is 2.33. The Bertz CT molecular complexity index is 855. The van der Waals surface area contributed by atoms with E-state index < -0.39 is 11.7 Å². The maximum Gasteiger partial charge on any atom is 0.416 e. The third-order valence-electron chi connectivity index (χ3n) is 5.20. The van der Waals surface area contributed by atoms with Crippen LogP contribution in [0.3, 0.4) is 0 Å². The number of carbonyl (C=O) groups is 1. The van der Waals surface area contributed by atoms with E-state index in [4.69, 9.17) is 4.52 Å². The Balaban J connectivity index is 1.85. The number of aliphatic hydroxyl groups is 1. The van der Waals surface area contributed by atoms with Gasteiger partial charge in [0.25, 0.3) is 5.91 Å². The zero-order valence-electron chi connectivity index (χ0n) is 16.9. The maximum absolute atomic E-state index is 12.9. The van der Waals surface area contributed by atoms with Crippen LogP contribution < -0.4 is 10.6 Å². The summed E-state index contributed by atoms with van der Waals surface area (Å²) < 4.78 is 44.0. The van der Waals surface area contributed by atoms with Gasteiger partial charge in [-0.1, -0.05) is 31.1 Å². The molecule has 3 rings (SSSR count). The first-order chi connectivity index (χ1) is 14.1. The van der Waals surface area contributed by atoms with Crippen molar-refractivity contribution >= 4 is 5.91 Å². The van der Waals surface area contributed by atoms with Crippen LogP contribution in [0.5, 0.6) is 0 Å². The van der Waals surface area contributed by atoms with Gasteiger partial charge in [-0.25, -0.2) is 0 Å². The number of benzene rings is 1. The second-order valence-corrected chi connectivity index (χ2v) is 7.93. The lowest BCUT2D eigenvalue weighted by Crippen LogP contribution is -2.39. The Morgan fingerprint density at radius 1 is 1.20 bits per heavy atom. The van der Waals surface area contributed by atoms with E-state index in [9.17, 15) is 23.1 Å². The van der Waals surface area contributed by atoms with E-state index in [2.05, 4.69) is 15.8 Å². The molecule has 0 bridgehead atoms. The molecule has 1 amide bonds. The van der Waals surface area contributed by atoms with Gasteiger partial charge in [0.05, 0.1) is 11.7 Å². The van der Waals surface area contributed by atoms with Gasteiger partial charge in [0.1, 0.15) is 0 Å². The van der Waals surface area contributed by atoms with E-state index >= 15 is 0 Å². The molecule has 1 saturated carbocycles. The molecular formula is C21H26F3N3O3. The van der Waals surface area contributed by atoms with Crippen molar-refractivity contribution in [3.8, 4) is 11.3 Å². The Kier molecular flexibility index (Phi) is 6.82. The molecule has 1 aromatic carbocycles. The molecule has 2 aromatic rings. The van der Waals surface area contributed by atoms with Crippen LogP contribution in [0.25, 0.3) is 11.3 Å². The quantitative estimate of drug-likeness (QED) is 0.654. The molecule has 164 valence electrons. The maximum atomic E-state index is 12.9. The van der Waals surface area contributed by atoms with Crippen LogP contribution in [-0.4, -0.2) is 34.4 Å². The lowest BCUT2D eigenvalue weighted by Gasteiger charge is -2.25. The van der Waals surface area contributed by atoms with Crippen molar-refractivity contribution in [2.45, 2.75) is 70.4 Å². The van der Waals surface area contributed by atoms with Gasteiger partial charge in [0, 0.05) is 29.8 Å². The average molecular weight is 425 g/mol. The highest BCUT2D eigenvalue weighted by molar-refractivity contribution is 5.95. The van der Waals surface area contributed by atoms with Crippen molar-refractivity contribution in [3.63, 3.8) is 0 Å². The number of carbonyl (C=O) groups excluding carboxylic acids is 1. The molecule has 9 heteroatoms. The molecule has 0 atom stereocenters. The van der Waals surface area contributed by atoms with Gasteiger partial charge in [0.2, 0.25) is 0 Å². The molecule has 0 saturated heterocycles. The SMILES string of the molecule is CC(C)NCc1c(C(=O)N[C@H]2CC[C@@H](O)CC2)noc1-c1ccc(C(F)(F)F)cc1. The van der Waals surface area contributed by atoms with E-state index in [0.717, 1.165) is 12.1 Å². The van der Waals surface area contributed by atoms with Crippen LogP contribution in [0.2, 0.25) is 0 Å². The number of amides is 1. The molecule has 3 N–H and O–H groups in total. The predicted octanol–water partition coefficient (Wildman–Crippen LogP) is 3.89. The predicted molar refractivity (Wildman–Crippen MR) is 105 cm³/mol. The Morgan fingerprint density at radius 3 is 2.40 bits per heavy atom. The molecule has 1 aliphatic carbocycles. The largest absolute Gasteiger partial charge is 0.416 e. The highest BCUT2D eigenvalue weighted by atomic mass is 19.4. The minimum Gasteiger partial charge on any atom is -0.393 e. The lowest BCUT2D eigenvalue weighted by atomic mass is 9.93. The second-order valence-electron chi connectivity index (χ2n) is 7.93. The molecule has 1 fully saturated rings. The van der Waals surface area contributed by atoms with Gasteiger partial charge in [-0.3, -0.25) is 4.79 Å². The van der Waals surface area contributed by atoms with Gasteiger partial charge in [-0.15, -0.1) is 0 Å². The number of aromatic nitrogens is 1. The number of alkyl halides is 3. The van der Waals surface area contributed by atoms with Crippen molar-refractivity contribution in [2.24, 2.45) is 0 Å². The minimum atomic E-state index is -4.43. The summed E-state index contributed by atoms with van der Waals surface area (Å²) in [6, 6.07) is 4.64. The first-order valence-electron chi connectivity index (χ1n) is 10.0. The van der Waals surface area contributed by atoms with Gasteiger partial charge >= 0.3 is 6.18 Å². The molecule has 30 heavy (non-hydrogen) atoms. The summed E-state index contributed by atoms with van der Waals surface area (Å²) in [5.41, 5.74) is 0.266. The fourth-order valence-corrected chi connectivity index (χ4v) is 3.47. The highest BCUT2D eigenvalue weighted by Gasteiger charge is 2.31. The first kappa shape index (κ1) is 22.3. The molecule has 0 spiro atoms. The summed E-state index contributed by atoms with van der Waals surface area (Å²) >= 11 is 0. The summed E-state index contributed by atoms with van der Waals surface area (Å²) in [7, 11) is 0. The molecule has 0 aliphatic heterocycles. The van der Waals surface area contributed by atoms with Crippen molar-refractivity contribution in [3.05, 3.63) is 41.1 Å². The molecule has 0 radical (unpaired) electrons. The third-order valence-corrected chi connectivity index (χ3v) is 5.20. The summed E-state index contributed by atoms with van der Waals surface area (Å²) in [4.78, 5) is 12.8. The second kappa shape index (κ2) is 9.18. The van der Waals surface area contributed by atoms with Gasteiger partial charge in [-0.05, 0) is 37.8 Å². The summed E-state index contributed by atoms with van der Waals surface area (Å²) in [5.74, 6) is -0.125. The van der Waals surface area contributed by atoms with E-state index in [1.165, 1.54) is 12.1 Å². The molecule has 1 heterocycles. The zero-order chi connectivity index (χ0) is 21.9. The average Bonchev–Trinajstić information content (AvgIpc) is 3.11. The van der Waals surface area contributed by atoms with Crippen molar-refractivity contribution in [2.75, 3.05) is 0 Å². The number of rotatable bonds is 6. The number of nitrogens with zero attached hydrogens (tertiary/aromatic N) is 1. The first-order valence-corrected chi connectivity index (χ1v) is 10.0. The Morgan fingerprint density at radius 2 is 1.83 bits per heavy atom. The molecule has 0 unspecified atom stereocenters. The van der Waals surface area contributed by atoms with E-state index in [1.807, 2.05) is 13.8 Å². The van der Waals surface area contributed by atoms with Gasteiger partial charge in [-0.2, -0.15) is 13.2 Å². The van der Waals surface area contributed by atoms with Crippen molar-refractivity contribution in [1.82, 2.24) is 15.8 Å². The Labute approximate surface area is 172 Å². The van der Waals surface area contributed by atoms with E-state index in [1.54, 1.807) is 0 Å². The van der Waals surface area contributed by atoms with Crippen LogP contribution in [0, 0.1) is 0 Å². The monoisotopic (exact) mass is 425 g/mol. The number of hydrogen-bond acceptors (Lipinski definition) is 5. The lowest BCUT2D eigenvalue weighted by molar-refractivity contribution is -0.137. The number of hydrogen-bond donors (Lipinski definition) is 3. The van der Waals surface area contributed by atoms with Crippen molar-refractivity contribution < 1.29 is 27.6 Å². The van der Waals surface area contributed by atoms with Crippen molar-refractivity contribution in [1.29, 1.82) is 0 Å². The van der Waals surface area contributed by atoms with Crippen LogP contribution >= 0.6 is 0 Å². The minimum absolute atomic E-state index is 0.0574. The standard InChI is InChI=1S/C21H26F3N3O3/c1-12(2)25-11-17-18(20(29)26-15-7-9-16(28)10-8-15)27-30-19(17)13-3-5-14(6-4-13)21(22,23)24/h3-6,12,15-16,25,28H,7-11H2,1-2H3,(H,26,29)/t15-,16+. The third kappa shape index (κ3) is 5.40. The fourth-order valence-electron chi connectivity index (χ4n) is 3.47. The van der Waals surface area contributed by atoms with Crippen LogP contribution in [-0.2, 0) is 12.7 Å². The van der Waals surface area contributed by atoms with Crippen LogP contribution in [0.1, 0.15) is 61.1 Å². The molecule has 1 aliphatic rings. The summed E-state index contributed by atoms with van der Waals surface area (Å²) in [6.45, 7) is 4.17. The van der Waals surface area contributed by atoms with Gasteiger partial charge in [0.15, 0.2) is 11.5 Å². The zero-order valence-corrected chi connectivity index (χ0v) is 16.9. The van der Waals surface area contributed by atoms with E-state index in [-0.39, 0.29) is 42.1 Å². The smallest absolute Gasteiger partial charge is 0.393 e. The summed E-state index contributed by atoms with van der Waals surface area (Å²) in [5, 5.41) is 19.7. The number of halogens is 3. The molecule has 6 nitrogen and oxygen atoms in total. The molecular weight excluding hydrogens is 399 g/mol. The normalized spacial score (nSPS) is 19.8. The molecule has 1 aromatic heterocycles.